The highest BCUT2D eigenvalue weighted by atomic mass is 32.1. The third kappa shape index (κ3) is 5.82. The largest absolute Gasteiger partial charge is 0.362 e. The van der Waals surface area contributed by atoms with E-state index in [1.807, 2.05) is 24.4 Å². The molecule has 0 aliphatic heterocycles. The fraction of sp³-hybridized carbons (Fsp3) is 0.333. The number of nitrogens with one attached hydrogen (secondary N) is 2. The van der Waals surface area contributed by atoms with Crippen molar-refractivity contribution in [1.82, 2.24) is 10.3 Å². The molecule has 1 aromatic heterocycles. The van der Waals surface area contributed by atoms with Gasteiger partial charge in [0.1, 0.15) is 0 Å². The number of pyridine rings is 1. The van der Waals surface area contributed by atoms with E-state index in [9.17, 15) is 0 Å². The molecule has 0 amide bonds. The lowest BCUT2D eigenvalue weighted by atomic mass is 10.1. The molecule has 116 valence electrons. The van der Waals surface area contributed by atoms with Crippen molar-refractivity contribution in [2.24, 2.45) is 0 Å². The third-order valence-electron chi connectivity index (χ3n) is 3.42. The van der Waals surface area contributed by atoms with E-state index in [0.29, 0.717) is 5.11 Å². The van der Waals surface area contributed by atoms with E-state index in [4.69, 9.17) is 12.2 Å². The summed E-state index contributed by atoms with van der Waals surface area (Å²) in [5.41, 5.74) is 3.47. The lowest BCUT2D eigenvalue weighted by Gasteiger charge is -2.11. The summed E-state index contributed by atoms with van der Waals surface area (Å²) in [6.45, 7) is 2.99. The molecule has 1 heterocycles. The molecular weight excluding hydrogens is 290 g/mol. The molecule has 0 fully saturated rings. The van der Waals surface area contributed by atoms with Crippen LogP contribution in [0, 0.1) is 0 Å². The first-order valence-corrected chi connectivity index (χ1v) is 8.22. The molecule has 2 N–H and O–H groups in total. The Hall–Kier alpha value is -1.94. The number of nitrogens with zero attached hydrogens (tertiary/aromatic N) is 1. The van der Waals surface area contributed by atoms with E-state index in [0.717, 1.165) is 30.8 Å². The number of benzene rings is 1. The molecule has 0 atom stereocenters. The van der Waals surface area contributed by atoms with Gasteiger partial charge in [0.05, 0.1) is 0 Å². The first-order chi connectivity index (χ1) is 10.8. The predicted octanol–water partition coefficient (Wildman–Crippen LogP) is 3.95. The van der Waals surface area contributed by atoms with E-state index in [1.165, 1.54) is 18.4 Å². The molecular formula is C18H23N3S. The topological polar surface area (TPSA) is 37.0 Å². The highest BCUT2D eigenvalue weighted by Crippen LogP contribution is 2.11. The van der Waals surface area contributed by atoms with E-state index >= 15 is 0 Å². The van der Waals surface area contributed by atoms with Crippen LogP contribution in [0.25, 0.3) is 0 Å². The summed E-state index contributed by atoms with van der Waals surface area (Å²) in [7, 11) is 0. The van der Waals surface area contributed by atoms with Gasteiger partial charge in [0, 0.05) is 30.5 Å². The first kappa shape index (κ1) is 16.4. The normalized spacial score (nSPS) is 10.2. The molecule has 0 bridgehead atoms. The Bertz CT molecular complexity index is 567. The molecule has 0 aliphatic carbocycles. The number of hydrogen-bond acceptors (Lipinski definition) is 2. The Morgan fingerprint density at radius 1 is 1.09 bits per heavy atom. The van der Waals surface area contributed by atoms with Crippen LogP contribution < -0.4 is 10.6 Å². The molecule has 22 heavy (non-hydrogen) atoms. The molecule has 0 radical (unpaired) electrons. The monoisotopic (exact) mass is 313 g/mol. The second kappa shape index (κ2) is 9.15. The number of aryl methyl sites for hydroxylation is 1. The van der Waals surface area contributed by atoms with Gasteiger partial charge in [0.25, 0.3) is 0 Å². The van der Waals surface area contributed by atoms with Gasteiger partial charge in [-0.1, -0.05) is 31.5 Å². The Kier molecular flexibility index (Phi) is 6.84. The smallest absolute Gasteiger partial charge is 0.170 e. The molecule has 0 unspecified atom stereocenters. The van der Waals surface area contributed by atoms with Gasteiger partial charge < -0.3 is 10.6 Å². The molecule has 0 saturated carbocycles. The van der Waals surface area contributed by atoms with Crippen LogP contribution in [-0.2, 0) is 12.8 Å². The number of hydrogen-bond donors (Lipinski definition) is 2. The molecule has 0 saturated heterocycles. The van der Waals surface area contributed by atoms with Crippen molar-refractivity contribution in [3.63, 3.8) is 0 Å². The third-order valence-corrected chi connectivity index (χ3v) is 3.67. The quantitative estimate of drug-likeness (QED) is 0.759. The summed E-state index contributed by atoms with van der Waals surface area (Å²) in [6, 6.07) is 14.4. The summed E-state index contributed by atoms with van der Waals surface area (Å²) in [4.78, 5) is 4.29. The van der Waals surface area contributed by atoms with Gasteiger partial charge in [0.15, 0.2) is 5.11 Å². The number of rotatable bonds is 7. The maximum atomic E-state index is 5.31. The first-order valence-electron chi connectivity index (χ1n) is 7.81. The van der Waals surface area contributed by atoms with Crippen molar-refractivity contribution in [2.75, 3.05) is 11.9 Å². The maximum Gasteiger partial charge on any atom is 0.170 e. The molecule has 4 heteroatoms. The summed E-state index contributed by atoms with van der Waals surface area (Å²) >= 11 is 5.31. The van der Waals surface area contributed by atoms with Gasteiger partial charge >= 0.3 is 0 Å². The zero-order chi connectivity index (χ0) is 15.6. The van der Waals surface area contributed by atoms with Crippen LogP contribution in [-0.4, -0.2) is 16.6 Å². The minimum Gasteiger partial charge on any atom is -0.362 e. The highest BCUT2D eigenvalue weighted by Gasteiger charge is 1.99. The standard InChI is InChI=1S/C18H23N3S/c1-2-3-6-15-8-10-17(11-9-15)21-18(22)20-14-12-16-7-4-5-13-19-16/h4-5,7-11,13H,2-3,6,12,14H2,1H3,(H2,20,21,22). The van der Waals surface area contributed by atoms with Crippen molar-refractivity contribution in [3.05, 3.63) is 59.9 Å². The van der Waals surface area contributed by atoms with Gasteiger partial charge in [-0.3, -0.25) is 4.98 Å². The van der Waals surface area contributed by atoms with E-state index in [-0.39, 0.29) is 0 Å². The van der Waals surface area contributed by atoms with Gasteiger partial charge in [0.2, 0.25) is 0 Å². The van der Waals surface area contributed by atoms with Gasteiger partial charge in [-0.15, -0.1) is 0 Å². The predicted molar refractivity (Wildman–Crippen MR) is 97.2 cm³/mol. The fourth-order valence-corrected chi connectivity index (χ4v) is 2.38. The van der Waals surface area contributed by atoms with Crippen LogP contribution in [0.1, 0.15) is 31.0 Å². The average Bonchev–Trinajstić information content (AvgIpc) is 2.55. The molecule has 1 aromatic carbocycles. The molecule has 2 aromatic rings. The molecule has 3 nitrogen and oxygen atoms in total. The van der Waals surface area contributed by atoms with Crippen molar-refractivity contribution in [1.29, 1.82) is 0 Å². The van der Waals surface area contributed by atoms with Crippen molar-refractivity contribution in [2.45, 2.75) is 32.6 Å². The van der Waals surface area contributed by atoms with Crippen LogP contribution in [0.4, 0.5) is 5.69 Å². The molecule has 2 rings (SSSR count). The maximum absolute atomic E-state index is 5.31. The van der Waals surface area contributed by atoms with Crippen LogP contribution in [0.15, 0.2) is 48.7 Å². The van der Waals surface area contributed by atoms with Gasteiger partial charge in [-0.25, -0.2) is 0 Å². The lowest BCUT2D eigenvalue weighted by molar-refractivity contribution is 0.795. The Labute approximate surface area is 138 Å². The lowest BCUT2D eigenvalue weighted by Crippen LogP contribution is -2.30. The number of unbranched alkanes of at least 4 members (excludes halogenated alkanes) is 1. The summed E-state index contributed by atoms with van der Waals surface area (Å²) < 4.78 is 0. The summed E-state index contributed by atoms with van der Waals surface area (Å²) in [5.74, 6) is 0. The summed E-state index contributed by atoms with van der Waals surface area (Å²) in [5, 5.41) is 7.07. The van der Waals surface area contributed by atoms with Crippen molar-refractivity contribution in [3.8, 4) is 0 Å². The number of aromatic nitrogens is 1. The van der Waals surface area contributed by atoms with Gasteiger partial charge in [-0.2, -0.15) is 0 Å². The van der Waals surface area contributed by atoms with E-state index in [2.05, 4.69) is 46.8 Å². The minimum atomic E-state index is 0.650. The number of thiocarbonyl (C=S) groups is 1. The van der Waals surface area contributed by atoms with Crippen LogP contribution in [0.5, 0.6) is 0 Å². The number of anilines is 1. The average molecular weight is 313 g/mol. The highest BCUT2D eigenvalue weighted by molar-refractivity contribution is 7.80. The summed E-state index contributed by atoms with van der Waals surface area (Å²) in [6.07, 6.45) is 6.28. The Balaban J connectivity index is 1.72. The van der Waals surface area contributed by atoms with Gasteiger partial charge in [-0.05, 0) is 54.9 Å². The zero-order valence-electron chi connectivity index (χ0n) is 13.0. The van der Waals surface area contributed by atoms with Crippen LogP contribution in [0.2, 0.25) is 0 Å². The molecule has 0 spiro atoms. The Morgan fingerprint density at radius 2 is 1.91 bits per heavy atom. The van der Waals surface area contributed by atoms with Crippen molar-refractivity contribution < 1.29 is 0 Å². The minimum absolute atomic E-state index is 0.650. The van der Waals surface area contributed by atoms with Crippen molar-refractivity contribution >= 4 is 23.0 Å². The van der Waals surface area contributed by atoms with E-state index < -0.39 is 0 Å². The van der Waals surface area contributed by atoms with Crippen LogP contribution in [0.3, 0.4) is 0 Å². The molecule has 0 aliphatic rings. The SMILES string of the molecule is CCCCc1ccc(NC(=S)NCCc2ccccn2)cc1. The van der Waals surface area contributed by atoms with Crippen LogP contribution >= 0.6 is 12.2 Å². The second-order valence-corrected chi connectivity index (χ2v) is 5.66. The van der Waals surface area contributed by atoms with E-state index in [1.54, 1.807) is 0 Å². The second-order valence-electron chi connectivity index (χ2n) is 5.25. The zero-order valence-corrected chi connectivity index (χ0v) is 13.8. The Morgan fingerprint density at radius 3 is 2.59 bits per heavy atom. The fourth-order valence-electron chi connectivity index (χ4n) is 2.16.